The van der Waals surface area contributed by atoms with E-state index in [1.54, 1.807) is 13.2 Å². The van der Waals surface area contributed by atoms with Crippen LogP contribution in [0.2, 0.25) is 0 Å². The van der Waals surface area contributed by atoms with Gasteiger partial charge in [0.25, 0.3) is 5.91 Å². The Hall–Kier alpha value is -2.14. The standard InChI is InChI=1S/C15H18N2O3/c1-10(7-8-18)16-15(19)14-5-3-11-9-12(20-2)4-6-13(11)17-14/h3-6,9-10,18H,7-8H2,1-2H3,(H,16,19)/t10-/m1/s1. The molecule has 20 heavy (non-hydrogen) atoms. The van der Waals surface area contributed by atoms with Crippen LogP contribution in [0.5, 0.6) is 5.75 Å². The first-order valence-corrected chi connectivity index (χ1v) is 6.50. The van der Waals surface area contributed by atoms with E-state index in [-0.39, 0.29) is 18.6 Å². The highest BCUT2D eigenvalue weighted by molar-refractivity contribution is 5.95. The summed E-state index contributed by atoms with van der Waals surface area (Å²) in [5.41, 5.74) is 1.11. The normalized spacial score (nSPS) is 12.2. The van der Waals surface area contributed by atoms with Gasteiger partial charge in [0.1, 0.15) is 11.4 Å². The fourth-order valence-corrected chi connectivity index (χ4v) is 1.92. The largest absolute Gasteiger partial charge is 0.497 e. The summed E-state index contributed by atoms with van der Waals surface area (Å²) in [6.45, 7) is 1.90. The molecule has 1 atom stereocenters. The average molecular weight is 274 g/mol. The minimum Gasteiger partial charge on any atom is -0.497 e. The van der Waals surface area contributed by atoms with Crippen molar-refractivity contribution in [3.8, 4) is 5.75 Å². The van der Waals surface area contributed by atoms with Gasteiger partial charge in [0, 0.05) is 18.0 Å². The summed E-state index contributed by atoms with van der Waals surface area (Å²) in [5, 5.41) is 12.6. The van der Waals surface area contributed by atoms with Gasteiger partial charge in [-0.25, -0.2) is 4.98 Å². The predicted octanol–water partition coefficient (Wildman–Crippen LogP) is 1.74. The second kappa shape index (κ2) is 6.34. The van der Waals surface area contributed by atoms with Crippen LogP contribution in [0.1, 0.15) is 23.8 Å². The number of nitrogens with one attached hydrogen (secondary N) is 1. The van der Waals surface area contributed by atoms with Gasteiger partial charge in [-0.15, -0.1) is 0 Å². The Bertz CT molecular complexity index is 613. The predicted molar refractivity (Wildman–Crippen MR) is 76.9 cm³/mol. The van der Waals surface area contributed by atoms with Crippen LogP contribution in [0.3, 0.4) is 0 Å². The molecule has 0 unspecified atom stereocenters. The van der Waals surface area contributed by atoms with Gasteiger partial charge in [0.15, 0.2) is 0 Å². The van der Waals surface area contributed by atoms with Crippen LogP contribution >= 0.6 is 0 Å². The Balaban J connectivity index is 2.21. The van der Waals surface area contributed by atoms with Crippen molar-refractivity contribution < 1.29 is 14.6 Å². The molecule has 0 aliphatic heterocycles. The van der Waals surface area contributed by atoms with Crippen molar-refractivity contribution in [2.24, 2.45) is 0 Å². The molecular weight excluding hydrogens is 256 g/mol. The fourth-order valence-electron chi connectivity index (χ4n) is 1.92. The lowest BCUT2D eigenvalue weighted by Crippen LogP contribution is -2.33. The number of benzene rings is 1. The molecule has 1 amide bonds. The smallest absolute Gasteiger partial charge is 0.270 e. The van der Waals surface area contributed by atoms with Crippen LogP contribution in [0.15, 0.2) is 30.3 Å². The van der Waals surface area contributed by atoms with E-state index in [0.29, 0.717) is 12.1 Å². The van der Waals surface area contributed by atoms with Gasteiger partial charge < -0.3 is 15.2 Å². The number of hydrogen-bond acceptors (Lipinski definition) is 4. The van der Waals surface area contributed by atoms with Crippen molar-refractivity contribution in [2.45, 2.75) is 19.4 Å². The molecule has 0 aliphatic rings. The Morgan fingerprint density at radius 1 is 1.40 bits per heavy atom. The number of pyridine rings is 1. The van der Waals surface area contributed by atoms with Crippen molar-refractivity contribution in [2.75, 3.05) is 13.7 Å². The fraction of sp³-hybridized carbons (Fsp3) is 0.333. The summed E-state index contributed by atoms with van der Waals surface area (Å²) in [6.07, 6.45) is 0.524. The zero-order valence-electron chi connectivity index (χ0n) is 11.6. The molecule has 0 radical (unpaired) electrons. The highest BCUT2D eigenvalue weighted by Gasteiger charge is 2.11. The molecule has 0 saturated heterocycles. The van der Waals surface area contributed by atoms with Crippen LogP contribution in [-0.2, 0) is 0 Å². The minimum absolute atomic E-state index is 0.0480. The van der Waals surface area contributed by atoms with E-state index >= 15 is 0 Å². The van der Waals surface area contributed by atoms with Gasteiger partial charge in [-0.2, -0.15) is 0 Å². The van der Waals surface area contributed by atoms with Crippen LogP contribution < -0.4 is 10.1 Å². The molecule has 5 heteroatoms. The first-order chi connectivity index (χ1) is 9.63. The third-order valence-corrected chi connectivity index (χ3v) is 3.07. The molecule has 0 aliphatic carbocycles. The molecule has 106 valence electrons. The first-order valence-electron chi connectivity index (χ1n) is 6.50. The molecule has 1 aromatic heterocycles. The number of hydrogen-bond donors (Lipinski definition) is 2. The van der Waals surface area contributed by atoms with Crippen molar-refractivity contribution in [3.63, 3.8) is 0 Å². The highest BCUT2D eigenvalue weighted by atomic mass is 16.5. The molecule has 5 nitrogen and oxygen atoms in total. The summed E-state index contributed by atoms with van der Waals surface area (Å²) < 4.78 is 5.15. The number of rotatable bonds is 5. The van der Waals surface area contributed by atoms with Crippen molar-refractivity contribution in [1.29, 1.82) is 0 Å². The van der Waals surface area contributed by atoms with Gasteiger partial charge in [-0.3, -0.25) is 4.79 Å². The van der Waals surface area contributed by atoms with E-state index in [0.717, 1.165) is 16.7 Å². The number of amides is 1. The maximum atomic E-state index is 12.0. The number of ether oxygens (including phenoxy) is 1. The molecule has 2 N–H and O–H groups in total. The Labute approximate surface area is 117 Å². The number of carbonyl (C=O) groups is 1. The summed E-state index contributed by atoms with van der Waals surface area (Å²) in [7, 11) is 1.61. The Morgan fingerprint density at radius 2 is 2.20 bits per heavy atom. The van der Waals surface area contributed by atoms with E-state index < -0.39 is 0 Å². The number of aliphatic hydroxyl groups excluding tert-OH is 1. The number of aromatic nitrogens is 1. The molecule has 1 aromatic carbocycles. The maximum Gasteiger partial charge on any atom is 0.270 e. The first kappa shape index (κ1) is 14.3. The zero-order valence-corrected chi connectivity index (χ0v) is 11.6. The van der Waals surface area contributed by atoms with Crippen LogP contribution in [0.4, 0.5) is 0 Å². The molecular formula is C15H18N2O3. The molecule has 0 bridgehead atoms. The topological polar surface area (TPSA) is 71.5 Å². The lowest BCUT2D eigenvalue weighted by Gasteiger charge is -2.12. The monoisotopic (exact) mass is 274 g/mol. The van der Waals surface area contributed by atoms with E-state index in [4.69, 9.17) is 9.84 Å². The van der Waals surface area contributed by atoms with Gasteiger partial charge in [-0.05, 0) is 37.6 Å². The summed E-state index contributed by atoms with van der Waals surface area (Å²) in [5.74, 6) is 0.525. The zero-order chi connectivity index (χ0) is 14.5. The van der Waals surface area contributed by atoms with E-state index in [9.17, 15) is 4.79 Å². The van der Waals surface area contributed by atoms with Crippen molar-refractivity contribution in [3.05, 3.63) is 36.0 Å². The van der Waals surface area contributed by atoms with Gasteiger partial charge in [0.2, 0.25) is 0 Å². The quantitative estimate of drug-likeness (QED) is 0.871. The minimum atomic E-state index is -0.233. The number of aliphatic hydroxyl groups is 1. The lowest BCUT2D eigenvalue weighted by atomic mass is 10.2. The Kier molecular flexibility index (Phi) is 4.53. The van der Waals surface area contributed by atoms with Gasteiger partial charge in [-0.1, -0.05) is 6.07 Å². The number of fused-ring (bicyclic) bond motifs is 1. The SMILES string of the molecule is COc1ccc2nc(C(=O)N[C@H](C)CCO)ccc2c1. The summed E-state index contributed by atoms with van der Waals surface area (Å²) in [4.78, 5) is 16.4. The molecule has 0 spiro atoms. The molecule has 0 fully saturated rings. The average Bonchev–Trinajstić information content (AvgIpc) is 2.46. The van der Waals surface area contributed by atoms with Crippen molar-refractivity contribution >= 4 is 16.8 Å². The molecule has 0 saturated carbocycles. The maximum absolute atomic E-state index is 12.0. The summed E-state index contributed by atoms with van der Waals surface area (Å²) >= 11 is 0. The van der Waals surface area contributed by atoms with Gasteiger partial charge >= 0.3 is 0 Å². The number of carbonyl (C=O) groups excluding carboxylic acids is 1. The third kappa shape index (κ3) is 3.24. The summed E-state index contributed by atoms with van der Waals surface area (Å²) in [6, 6.07) is 8.95. The lowest BCUT2D eigenvalue weighted by molar-refractivity contribution is 0.0929. The highest BCUT2D eigenvalue weighted by Crippen LogP contribution is 2.19. The van der Waals surface area contributed by atoms with Crippen molar-refractivity contribution in [1.82, 2.24) is 10.3 Å². The number of methoxy groups -OCH3 is 1. The molecule has 2 rings (SSSR count). The second-order valence-corrected chi connectivity index (χ2v) is 4.64. The second-order valence-electron chi connectivity index (χ2n) is 4.64. The Morgan fingerprint density at radius 3 is 2.90 bits per heavy atom. The molecule has 2 aromatic rings. The van der Waals surface area contributed by atoms with Crippen LogP contribution in [-0.4, -0.2) is 35.8 Å². The van der Waals surface area contributed by atoms with E-state index in [1.165, 1.54) is 0 Å². The van der Waals surface area contributed by atoms with E-state index in [2.05, 4.69) is 10.3 Å². The number of nitrogens with zero attached hydrogens (tertiary/aromatic N) is 1. The van der Waals surface area contributed by atoms with Gasteiger partial charge in [0.05, 0.1) is 12.6 Å². The van der Waals surface area contributed by atoms with Crippen LogP contribution in [0.25, 0.3) is 10.9 Å². The van der Waals surface area contributed by atoms with Crippen LogP contribution in [0, 0.1) is 0 Å². The molecule has 1 heterocycles. The van der Waals surface area contributed by atoms with E-state index in [1.807, 2.05) is 31.2 Å². The third-order valence-electron chi connectivity index (χ3n) is 3.07.